The molecule has 8 heteroatoms. The molecule has 0 spiro atoms. The Kier molecular flexibility index (Phi) is 7.25. The van der Waals surface area contributed by atoms with Gasteiger partial charge in [-0.15, -0.1) is 0 Å². The number of aromatic nitrogens is 2. The molecule has 7 nitrogen and oxygen atoms in total. The normalized spacial score (nSPS) is 10.9. The van der Waals surface area contributed by atoms with Gasteiger partial charge < -0.3 is 20.3 Å². The van der Waals surface area contributed by atoms with Gasteiger partial charge >= 0.3 is 6.03 Å². The molecule has 2 aromatic carbocycles. The molecule has 0 radical (unpaired) electrons. The van der Waals surface area contributed by atoms with E-state index in [4.69, 9.17) is 4.74 Å². The molecule has 1 aromatic heterocycles. The van der Waals surface area contributed by atoms with Crippen LogP contribution in [0.4, 0.5) is 20.6 Å². The van der Waals surface area contributed by atoms with Crippen LogP contribution in [0.5, 0.6) is 5.75 Å². The molecule has 0 atom stereocenters. The lowest BCUT2D eigenvalue weighted by Crippen LogP contribution is -2.20. The SMILES string of the molecule is Cc1ccc(F)c(NC(=O)Nc2ccc(OCCCN(C)C)c(-c3ccnn3C)c2)c1. The first-order valence-corrected chi connectivity index (χ1v) is 10.1. The number of anilines is 2. The monoisotopic (exact) mass is 425 g/mol. The highest BCUT2D eigenvalue weighted by Gasteiger charge is 2.13. The Labute approximate surface area is 181 Å². The fraction of sp³-hybridized carbons (Fsp3) is 0.304. The Hall–Kier alpha value is -3.39. The van der Waals surface area contributed by atoms with E-state index in [2.05, 4.69) is 20.6 Å². The maximum Gasteiger partial charge on any atom is 0.323 e. The molecule has 2 amide bonds. The number of rotatable bonds is 8. The van der Waals surface area contributed by atoms with Gasteiger partial charge in [-0.25, -0.2) is 9.18 Å². The summed E-state index contributed by atoms with van der Waals surface area (Å²) in [5, 5.41) is 9.54. The lowest BCUT2D eigenvalue weighted by Gasteiger charge is -2.15. The second-order valence-electron chi connectivity index (χ2n) is 7.62. The lowest BCUT2D eigenvalue weighted by molar-refractivity contribution is 0.262. The fourth-order valence-corrected chi connectivity index (χ4v) is 3.15. The minimum atomic E-state index is -0.528. The maximum absolute atomic E-state index is 13.9. The van der Waals surface area contributed by atoms with E-state index in [0.717, 1.165) is 29.8 Å². The van der Waals surface area contributed by atoms with Crippen LogP contribution in [0.15, 0.2) is 48.7 Å². The second kappa shape index (κ2) is 10.1. The average Bonchev–Trinajstić information content (AvgIpc) is 3.14. The number of halogens is 1. The van der Waals surface area contributed by atoms with Crippen molar-refractivity contribution in [3.05, 3.63) is 60.0 Å². The van der Waals surface area contributed by atoms with Crippen molar-refractivity contribution in [2.75, 3.05) is 37.9 Å². The van der Waals surface area contributed by atoms with Crippen molar-refractivity contribution in [2.45, 2.75) is 13.3 Å². The summed E-state index contributed by atoms with van der Waals surface area (Å²) < 4.78 is 21.7. The van der Waals surface area contributed by atoms with Crippen LogP contribution in [0.2, 0.25) is 0 Å². The van der Waals surface area contributed by atoms with Crippen LogP contribution in [-0.2, 0) is 7.05 Å². The van der Waals surface area contributed by atoms with Crippen LogP contribution < -0.4 is 15.4 Å². The van der Waals surface area contributed by atoms with Gasteiger partial charge in [-0.3, -0.25) is 4.68 Å². The van der Waals surface area contributed by atoms with E-state index in [1.807, 2.05) is 46.3 Å². The first kappa shape index (κ1) is 22.3. The van der Waals surface area contributed by atoms with Crippen molar-refractivity contribution in [3.8, 4) is 17.0 Å². The van der Waals surface area contributed by atoms with E-state index in [1.165, 1.54) is 6.07 Å². The molecule has 0 saturated heterocycles. The molecule has 2 N–H and O–H groups in total. The van der Waals surface area contributed by atoms with Crippen LogP contribution in [-0.4, -0.2) is 48.0 Å². The summed E-state index contributed by atoms with van der Waals surface area (Å²) in [6.45, 7) is 3.33. The van der Waals surface area contributed by atoms with Crippen LogP contribution in [0.3, 0.4) is 0 Å². The number of amides is 2. The molecular formula is C23H28FN5O2. The highest BCUT2D eigenvalue weighted by Crippen LogP contribution is 2.32. The average molecular weight is 426 g/mol. The number of nitrogens with zero attached hydrogens (tertiary/aromatic N) is 3. The zero-order valence-corrected chi connectivity index (χ0v) is 18.3. The molecule has 0 aliphatic carbocycles. The van der Waals surface area contributed by atoms with Gasteiger partial charge in [0.05, 0.1) is 18.0 Å². The van der Waals surface area contributed by atoms with E-state index >= 15 is 0 Å². The minimum absolute atomic E-state index is 0.130. The van der Waals surface area contributed by atoms with Crippen molar-refractivity contribution in [3.63, 3.8) is 0 Å². The zero-order chi connectivity index (χ0) is 22.4. The number of aryl methyl sites for hydroxylation is 2. The molecule has 164 valence electrons. The van der Waals surface area contributed by atoms with Gasteiger partial charge in [0.25, 0.3) is 0 Å². The van der Waals surface area contributed by atoms with E-state index < -0.39 is 11.8 Å². The van der Waals surface area contributed by atoms with E-state index in [0.29, 0.717) is 18.0 Å². The summed E-state index contributed by atoms with van der Waals surface area (Å²) in [6, 6.07) is 11.3. The molecule has 0 aliphatic rings. The molecule has 0 unspecified atom stereocenters. The number of hydrogen-bond acceptors (Lipinski definition) is 4. The largest absolute Gasteiger partial charge is 0.493 e. The Bertz CT molecular complexity index is 1050. The number of hydrogen-bond donors (Lipinski definition) is 2. The van der Waals surface area contributed by atoms with Gasteiger partial charge in [0, 0.05) is 31.0 Å². The van der Waals surface area contributed by atoms with Crippen molar-refractivity contribution in [1.29, 1.82) is 0 Å². The lowest BCUT2D eigenvalue weighted by atomic mass is 10.1. The Morgan fingerprint density at radius 2 is 1.97 bits per heavy atom. The van der Waals surface area contributed by atoms with Crippen molar-refractivity contribution < 1.29 is 13.9 Å². The molecule has 31 heavy (non-hydrogen) atoms. The number of nitrogens with one attached hydrogen (secondary N) is 2. The summed E-state index contributed by atoms with van der Waals surface area (Å²) in [4.78, 5) is 14.5. The molecule has 0 aliphatic heterocycles. The van der Waals surface area contributed by atoms with E-state index in [1.54, 1.807) is 29.1 Å². The predicted octanol–water partition coefficient (Wildman–Crippen LogP) is 4.51. The van der Waals surface area contributed by atoms with Crippen molar-refractivity contribution in [1.82, 2.24) is 14.7 Å². The predicted molar refractivity (Wildman–Crippen MR) is 121 cm³/mol. The molecule has 0 fully saturated rings. The number of urea groups is 1. The Morgan fingerprint density at radius 3 is 2.68 bits per heavy atom. The molecule has 1 heterocycles. The van der Waals surface area contributed by atoms with Crippen LogP contribution >= 0.6 is 0 Å². The number of benzene rings is 2. The molecule has 3 rings (SSSR count). The van der Waals surface area contributed by atoms with Crippen molar-refractivity contribution in [2.24, 2.45) is 7.05 Å². The summed E-state index contributed by atoms with van der Waals surface area (Å²) in [5.74, 6) is 0.218. The maximum atomic E-state index is 13.9. The quantitative estimate of drug-likeness (QED) is 0.521. The summed E-state index contributed by atoms with van der Waals surface area (Å²) >= 11 is 0. The first-order valence-electron chi connectivity index (χ1n) is 10.1. The summed E-state index contributed by atoms with van der Waals surface area (Å²) in [5.41, 5.74) is 3.21. The first-order chi connectivity index (χ1) is 14.8. The van der Waals surface area contributed by atoms with Gasteiger partial charge in [0.15, 0.2) is 0 Å². The van der Waals surface area contributed by atoms with Crippen LogP contribution in [0.25, 0.3) is 11.3 Å². The van der Waals surface area contributed by atoms with Gasteiger partial charge in [0.1, 0.15) is 11.6 Å². The molecular weight excluding hydrogens is 397 g/mol. The van der Waals surface area contributed by atoms with Gasteiger partial charge in [-0.1, -0.05) is 6.07 Å². The third-order valence-electron chi connectivity index (χ3n) is 4.71. The highest BCUT2D eigenvalue weighted by atomic mass is 19.1. The minimum Gasteiger partial charge on any atom is -0.493 e. The number of ether oxygens (including phenoxy) is 1. The molecule has 0 saturated carbocycles. The summed E-state index contributed by atoms with van der Waals surface area (Å²) in [7, 11) is 5.89. The Balaban J connectivity index is 1.77. The van der Waals surface area contributed by atoms with Gasteiger partial charge in [0.2, 0.25) is 0 Å². The second-order valence-corrected chi connectivity index (χ2v) is 7.62. The van der Waals surface area contributed by atoms with Crippen molar-refractivity contribution >= 4 is 17.4 Å². The highest BCUT2D eigenvalue weighted by molar-refractivity contribution is 6.00. The van der Waals surface area contributed by atoms with Crippen LogP contribution in [0.1, 0.15) is 12.0 Å². The molecule has 0 bridgehead atoms. The van der Waals surface area contributed by atoms with E-state index in [-0.39, 0.29) is 5.69 Å². The third kappa shape index (κ3) is 6.05. The zero-order valence-electron chi connectivity index (χ0n) is 18.3. The number of carbonyl (C=O) groups excluding carboxylic acids is 1. The van der Waals surface area contributed by atoms with Gasteiger partial charge in [-0.2, -0.15) is 5.10 Å². The number of carbonyl (C=O) groups is 1. The standard InChI is InChI=1S/C23H28FN5O2/c1-16-6-8-19(24)20(14-16)27-23(30)26-17-7-9-22(31-13-5-12-28(2)3)18(15-17)21-10-11-25-29(21)4/h6-11,14-15H,5,12-13H2,1-4H3,(H2,26,27,30). The van der Waals surface area contributed by atoms with Gasteiger partial charge in [-0.05, 0) is 69.4 Å². The van der Waals surface area contributed by atoms with E-state index in [9.17, 15) is 9.18 Å². The van der Waals surface area contributed by atoms with Crippen LogP contribution in [0, 0.1) is 12.7 Å². The third-order valence-corrected chi connectivity index (χ3v) is 4.71. The summed E-state index contributed by atoms with van der Waals surface area (Å²) in [6.07, 6.45) is 2.60. The smallest absolute Gasteiger partial charge is 0.323 e. The topological polar surface area (TPSA) is 71.4 Å². The molecule has 3 aromatic rings. The fourth-order valence-electron chi connectivity index (χ4n) is 3.15. The Morgan fingerprint density at radius 1 is 1.16 bits per heavy atom.